The minimum atomic E-state index is 0.860. The van der Waals surface area contributed by atoms with Crippen LogP contribution in [0.5, 0.6) is 0 Å². The Bertz CT molecular complexity index is 610. The quantitative estimate of drug-likeness (QED) is 0.842. The highest BCUT2D eigenvalue weighted by molar-refractivity contribution is 5.69. The fourth-order valence-corrected chi connectivity index (χ4v) is 2.72. The minimum Gasteiger partial charge on any atom is -0.379 e. The second-order valence-corrected chi connectivity index (χ2v) is 5.74. The van der Waals surface area contributed by atoms with Gasteiger partial charge in [0, 0.05) is 19.6 Å². The van der Waals surface area contributed by atoms with Crippen molar-refractivity contribution in [2.24, 2.45) is 0 Å². The molecule has 1 aliphatic heterocycles. The van der Waals surface area contributed by atoms with E-state index in [0.717, 1.165) is 32.8 Å². The maximum absolute atomic E-state index is 5.38. The number of ether oxygens (including phenoxy) is 1. The largest absolute Gasteiger partial charge is 0.379 e. The molecule has 0 N–H and O–H groups in total. The molecule has 2 aromatic carbocycles. The Morgan fingerprint density at radius 1 is 0.955 bits per heavy atom. The van der Waals surface area contributed by atoms with Gasteiger partial charge in [0.25, 0.3) is 0 Å². The third-order valence-electron chi connectivity index (χ3n) is 4.21. The molecule has 1 heterocycles. The van der Waals surface area contributed by atoms with Crippen LogP contribution in [0.3, 0.4) is 0 Å². The van der Waals surface area contributed by atoms with E-state index in [4.69, 9.17) is 4.74 Å². The van der Waals surface area contributed by atoms with Gasteiger partial charge < -0.3 is 4.74 Å². The van der Waals surface area contributed by atoms with Crippen molar-refractivity contribution in [3.05, 3.63) is 66.2 Å². The number of benzene rings is 2. The van der Waals surface area contributed by atoms with Gasteiger partial charge in [0.1, 0.15) is 0 Å². The average Bonchev–Trinajstić information content (AvgIpc) is 2.61. The molecule has 0 aromatic heterocycles. The van der Waals surface area contributed by atoms with E-state index in [1.54, 1.807) is 0 Å². The molecule has 22 heavy (non-hydrogen) atoms. The fraction of sp³-hybridized carbons (Fsp3) is 0.300. The van der Waals surface area contributed by atoms with Crippen molar-refractivity contribution in [3.8, 4) is 11.1 Å². The predicted molar refractivity (Wildman–Crippen MR) is 92.8 cm³/mol. The van der Waals surface area contributed by atoms with E-state index in [1.807, 2.05) is 0 Å². The Morgan fingerprint density at radius 2 is 1.59 bits per heavy atom. The van der Waals surface area contributed by atoms with Crippen LogP contribution in [-0.2, 0) is 4.74 Å². The lowest BCUT2D eigenvalue weighted by Crippen LogP contribution is -2.36. The summed E-state index contributed by atoms with van der Waals surface area (Å²) < 4.78 is 5.38. The predicted octanol–water partition coefficient (Wildman–Crippen LogP) is 4.09. The molecule has 1 fully saturated rings. The third kappa shape index (κ3) is 3.85. The van der Waals surface area contributed by atoms with Crippen molar-refractivity contribution in [1.82, 2.24) is 4.90 Å². The van der Waals surface area contributed by atoms with Crippen LogP contribution in [-0.4, -0.2) is 37.7 Å². The van der Waals surface area contributed by atoms with E-state index in [9.17, 15) is 0 Å². The summed E-state index contributed by atoms with van der Waals surface area (Å²) in [6.07, 6.45) is 2.32. The number of hydrogen-bond donors (Lipinski definition) is 0. The number of morpholine rings is 1. The molecule has 0 bridgehead atoms. The van der Waals surface area contributed by atoms with Gasteiger partial charge >= 0.3 is 0 Å². The lowest BCUT2D eigenvalue weighted by atomic mass is 10.0. The fourth-order valence-electron chi connectivity index (χ4n) is 2.72. The molecular formula is C20H23NO. The van der Waals surface area contributed by atoms with Crippen molar-refractivity contribution < 1.29 is 4.74 Å². The molecule has 0 amide bonds. The van der Waals surface area contributed by atoms with Gasteiger partial charge in [-0.1, -0.05) is 60.7 Å². The molecule has 2 nitrogen and oxygen atoms in total. The summed E-state index contributed by atoms with van der Waals surface area (Å²) in [4.78, 5) is 2.44. The second kappa shape index (κ2) is 7.39. The van der Waals surface area contributed by atoms with Gasteiger partial charge in [0.15, 0.2) is 0 Å². The van der Waals surface area contributed by atoms with Crippen molar-refractivity contribution in [3.63, 3.8) is 0 Å². The van der Waals surface area contributed by atoms with Crippen molar-refractivity contribution in [2.45, 2.75) is 6.92 Å². The second-order valence-electron chi connectivity index (χ2n) is 5.74. The monoisotopic (exact) mass is 293 g/mol. The van der Waals surface area contributed by atoms with Gasteiger partial charge in [-0.2, -0.15) is 0 Å². The summed E-state index contributed by atoms with van der Waals surface area (Å²) in [6, 6.07) is 19.4. The van der Waals surface area contributed by atoms with Gasteiger partial charge in [0.2, 0.25) is 0 Å². The van der Waals surface area contributed by atoms with Crippen LogP contribution in [0.15, 0.2) is 60.7 Å². The summed E-state index contributed by atoms with van der Waals surface area (Å²) >= 11 is 0. The zero-order valence-electron chi connectivity index (χ0n) is 13.2. The Morgan fingerprint density at radius 3 is 2.27 bits per heavy atom. The van der Waals surface area contributed by atoms with Crippen molar-refractivity contribution >= 4 is 5.57 Å². The summed E-state index contributed by atoms with van der Waals surface area (Å²) in [5.41, 5.74) is 5.17. The Labute approximate surface area is 133 Å². The molecule has 0 radical (unpaired) electrons. The van der Waals surface area contributed by atoms with Crippen LogP contribution >= 0.6 is 0 Å². The van der Waals surface area contributed by atoms with E-state index in [-0.39, 0.29) is 0 Å². The first-order chi connectivity index (χ1) is 10.8. The summed E-state index contributed by atoms with van der Waals surface area (Å²) in [5, 5.41) is 0. The first-order valence-corrected chi connectivity index (χ1v) is 7.96. The van der Waals surface area contributed by atoms with Gasteiger partial charge in [0.05, 0.1) is 13.2 Å². The Kier molecular flexibility index (Phi) is 5.04. The molecule has 2 aromatic rings. The molecule has 3 rings (SSSR count). The molecule has 1 saturated heterocycles. The van der Waals surface area contributed by atoms with E-state index in [2.05, 4.69) is 72.5 Å². The molecule has 0 spiro atoms. The van der Waals surface area contributed by atoms with Gasteiger partial charge in [-0.25, -0.2) is 0 Å². The highest BCUT2D eigenvalue weighted by Crippen LogP contribution is 2.22. The van der Waals surface area contributed by atoms with E-state index < -0.39 is 0 Å². The Hall–Kier alpha value is -1.90. The van der Waals surface area contributed by atoms with Gasteiger partial charge in [-0.15, -0.1) is 0 Å². The topological polar surface area (TPSA) is 12.5 Å². The highest BCUT2D eigenvalue weighted by Gasteiger charge is 2.08. The molecule has 0 unspecified atom stereocenters. The SMILES string of the molecule is CC(=CCN1CCOCC1)c1ccc(-c2ccccc2)cc1. The lowest BCUT2D eigenvalue weighted by molar-refractivity contribution is 0.0435. The zero-order valence-corrected chi connectivity index (χ0v) is 13.2. The van der Waals surface area contributed by atoms with Crippen molar-refractivity contribution in [1.29, 1.82) is 0 Å². The summed E-state index contributed by atoms with van der Waals surface area (Å²) in [7, 11) is 0. The minimum absolute atomic E-state index is 0.860. The molecule has 1 aliphatic rings. The zero-order chi connectivity index (χ0) is 15.2. The first-order valence-electron chi connectivity index (χ1n) is 7.96. The van der Waals surface area contributed by atoms with Crippen LogP contribution in [0.1, 0.15) is 12.5 Å². The number of rotatable bonds is 4. The molecule has 0 saturated carbocycles. The van der Waals surface area contributed by atoms with E-state index >= 15 is 0 Å². The van der Waals surface area contributed by atoms with E-state index in [1.165, 1.54) is 22.3 Å². The maximum atomic E-state index is 5.38. The number of allylic oxidation sites excluding steroid dienone is 1. The lowest BCUT2D eigenvalue weighted by Gasteiger charge is -2.25. The smallest absolute Gasteiger partial charge is 0.0594 e. The maximum Gasteiger partial charge on any atom is 0.0594 e. The summed E-state index contributed by atoms with van der Waals surface area (Å²) in [6.45, 7) is 7.00. The highest BCUT2D eigenvalue weighted by atomic mass is 16.5. The normalized spacial score (nSPS) is 16.7. The molecule has 2 heteroatoms. The molecule has 114 valence electrons. The van der Waals surface area contributed by atoms with Crippen LogP contribution < -0.4 is 0 Å². The average molecular weight is 293 g/mol. The van der Waals surface area contributed by atoms with Gasteiger partial charge in [-0.3, -0.25) is 4.90 Å². The standard InChI is InChI=1S/C20H23NO/c1-17(11-12-21-13-15-22-16-14-21)18-7-9-20(10-8-18)19-5-3-2-4-6-19/h2-11H,12-16H2,1H3. The molecule has 0 atom stereocenters. The van der Waals surface area contributed by atoms with Crippen LogP contribution in [0, 0.1) is 0 Å². The Balaban J connectivity index is 1.66. The number of nitrogens with zero attached hydrogens (tertiary/aromatic N) is 1. The van der Waals surface area contributed by atoms with E-state index in [0.29, 0.717) is 0 Å². The third-order valence-corrected chi connectivity index (χ3v) is 4.21. The molecule has 0 aliphatic carbocycles. The van der Waals surface area contributed by atoms with Crippen molar-refractivity contribution in [2.75, 3.05) is 32.8 Å². The summed E-state index contributed by atoms with van der Waals surface area (Å²) in [5.74, 6) is 0. The first kappa shape index (κ1) is 15.0. The number of hydrogen-bond acceptors (Lipinski definition) is 2. The van der Waals surface area contributed by atoms with Gasteiger partial charge in [-0.05, 0) is 29.2 Å². The van der Waals surface area contributed by atoms with Crippen LogP contribution in [0.2, 0.25) is 0 Å². The molecular weight excluding hydrogens is 270 g/mol. The van der Waals surface area contributed by atoms with Crippen LogP contribution in [0.25, 0.3) is 16.7 Å². The van der Waals surface area contributed by atoms with Crippen LogP contribution in [0.4, 0.5) is 0 Å².